The third-order valence-corrected chi connectivity index (χ3v) is 6.14. The van der Waals surface area contributed by atoms with Crippen LogP contribution in [0.25, 0.3) is 17.1 Å². The number of imidazole rings is 1. The molecule has 0 bridgehead atoms. The van der Waals surface area contributed by atoms with Gasteiger partial charge in [0.25, 0.3) is 5.91 Å². The molecule has 11 nitrogen and oxygen atoms in total. The average molecular weight is 511 g/mol. The molecule has 38 heavy (non-hydrogen) atoms. The first-order chi connectivity index (χ1) is 18.7. The zero-order chi connectivity index (χ0) is 25.9. The van der Waals surface area contributed by atoms with Gasteiger partial charge < -0.3 is 20.1 Å². The standard InChI is InChI=1S/C27H26N8O3/c1-2-14-34-24-22(30-27(34)35-15-6-12-29-35)23(31-25(36)19-9-10-20-21(16-19)38-17-37-20)32-26(33-24)28-13-11-18-7-4-3-5-8-18/h3-10,12,15-16H,2,11,13-14,17H2,1H3,(H2,28,31,32,33,36). The lowest BCUT2D eigenvalue weighted by atomic mass is 10.1. The van der Waals surface area contributed by atoms with Crippen molar-refractivity contribution in [3.05, 3.63) is 78.1 Å². The number of benzene rings is 2. The number of ether oxygens (including phenoxy) is 2. The molecule has 4 heterocycles. The molecule has 5 aromatic rings. The van der Waals surface area contributed by atoms with E-state index in [2.05, 4.69) is 39.8 Å². The number of carbonyl (C=O) groups is 1. The number of hydrogen-bond donors (Lipinski definition) is 2. The maximum Gasteiger partial charge on any atom is 0.257 e. The number of rotatable bonds is 9. The fourth-order valence-electron chi connectivity index (χ4n) is 4.33. The van der Waals surface area contributed by atoms with Gasteiger partial charge in [0, 0.05) is 31.0 Å². The Balaban J connectivity index is 1.37. The van der Waals surface area contributed by atoms with E-state index in [9.17, 15) is 4.79 Å². The number of carbonyl (C=O) groups excluding carboxylic acids is 1. The number of hydrogen-bond acceptors (Lipinski definition) is 8. The molecule has 0 saturated heterocycles. The lowest BCUT2D eigenvalue weighted by Crippen LogP contribution is -2.16. The zero-order valence-electron chi connectivity index (χ0n) is 20.8. The summed E-state index contributed by atoms with van der Waals surface area (Å²) in [5, 5.41) is 10.6. The van der Waals surface area contributed by atoms with Crippen LogP contribution in [0.3, 0.4) is 0 Å². The van der Waals surface area contributed by atoms with Gasteiger partial charge in [-0.3, -0.25) is 9.36 Å². The third kappa shape index (κ3) is 4.61. The van der Waals surface area contributed by atoms with Crippen LogP contribution >= 0.6 is 0 Å². The second-order valence-electron chi connectivity index (χ2n) is 8.77. The molecule has 0 aliphatic carbocycles. The predicted octanol–water partition coefficient (Wildman–Crippen LogP) is 4.06. The van der Waals surface area contributed by atoms with Crippen molar-refractivity contribution >= 4 is 28.8 Å². The number of amides is 1. The quantitative estimate of drug-likeness (QED) is 0.305. The molecular formula is C27H26N8O3. The Morgan fingerprint density at radius 1 is 1.03 bits per heavy atom. The number of nitrogens with one attached hydrogen (secondary N) is 2. The van der Waals surface area contributed by atoms with Crippen molar-refractivity contribution in [2.45, 2.75) is 26.3 Å². The summed E-state index contributed by atoms with van der Waals surface area (Å²) < 4.78 is 14.5. The topological polar surface area (TPSA) is 121 Å². The van der Waals surface area contributed by atoms with Crippen LogP contribution in [0.15, 0.2) is 67.0 Å². The Kier molecular flexibility index (Phi) is 6.30. The first kappa shape index (κ1) is 23.5. The summed E-state index contributed by atoms with van der Waals surface area (Å²) in [6.45, 7) is 3.51. The molecule has 1 aliphatic heterocycles. The van der Waals surface area contributed by atoms with Crippen molar-refractivity contribution in [3.8, 4) is 17.4 Å². The molecule has 192 valence electrons. The van der Waals surface area contributed by atoms with Crippen LogP contribution in [-0.2, 0) is 13.0 Å². The van der Waals surface area contributed by atoms with Crippen LogP contribution in [0.2, 0.25) is 0 Å². The Bertz CT molecular complexity index is 1580. The molecule has 1 aliphatic rings. The maximum atomic E-state index is 13.3. The van der Waals surface area contributed by atoms with Crippen molar-refractivity contribution in [2.24, 2.45) is 0 Å². The Morgan fingerprint density at radius 2 is 1.89 bits per heavy atom. The first-order valence-corrected chi connectivity index (χ1v) is 12.5. The predicted molar refractivity (Wildman–Crippen MR) is 142 cm³/mol. The summed E-state index contributed by atoms with van der Waals surface area (Å²) in [6.07, 6.45) is 5.18. The Morgan fingerprint density at radius 3 is 2.71 bits per heavy atom. The van der Waals surface area contributed by atoms with E-state index in [4.69, 9.17) is 19.4 Å². The molecule has 3 aromatic heterocycles. The van der Waals surface area contributed by atoms with Crippen LogP contribution in [0.1, 0.15) is 29.3 Å². The monoisotopic (exact) mass is 510 g/mol. The van der Waals surface area contributed by atoms with Gasteiger partial charge in [0.1, 0.15) is 0 Å². The smallest absolute Gasteiger partial charge is 0.257 e. The summed E-state index contributed by atoms with van der Waals surface area (Å²) in [7, 11) is 0. The SMILES string of the molecule is CCCn1c(-n2cccn2)nc2c(NC(=O)c3ccc4c(c3)OCO4)nc(NCCc3ccccc3)nc21. The Hall–Kier alpha value is -4.93. The van der Waals surface area contributed by atoms with Crippen molar-refractivity contribution in [1.29, 1.82) is 0 Å². The molecule has 0 spiro atoms. The van der Waals surface area contributed by atoms with Gasteiger partial charge in [0.2, 0.25) is 18.7 Å². The summed E-state index contributed by atoms with van der Waals surface area (Å²) in [5.41, 5.74) is 2.71. The van der Waals surface area contributed by atoms with Crippen LogP contribution in [-0.4, -0.2) is 48.5 Å². The van der Waals surface area contributed by atoms with Crippen LogP contribution in [0, 0.1) is 0 Å². The average Bonchev–Trinajstić information content (AvgIpc) is 3.70. The highest BCUT2D eigenvalue weighted by atomic mass is 16.7. The van der Waals surface area contributed by atoms with E-state index < -0.39 is 0 Å². The highest BCUT2D eigenvalue weighted by Crippen LogP contribution is 2.33. The fraction of sp³-hybridized carbons (Fsp3) is 0.222. The summed E-state index contributed by atoms with van der Waals surface area (Å²) in [6, 6.07) is 17.1. The first-order valence-electron chi connectivity index (χ1n) is 12.5. The molecule has 0 fully saturated rings. The van der Waals surface area contributed by atoms with Gasteiger partial charge in [-0.1, -0.05) is 37.3 Å². The van der Waals surface area contributed by atoms with E-state index >= 15 is 0 Å². The second-order valence-corrected chi connectivity index (χ2v) is 8.77. The molecule has 2 N–H and O–H groups in total. The minimum absolute atomic E-state index is 0.135. The Labute approximate surface area is 218 Å². The number of nitrogens with zero attached hydrogens (tertiary/aromatic N) is 6. The third-order valence-electron chi connectivity index (χ3n) is 6.14. The van der Waals surface area contributed by atoms with E-state index in [1.165, 1.54) is 5.56 Å². The number of aryl methyl sites for hydroxylation is 1. The van der Waals surface area contributed by atoms with E-state index in [0.717, 1.165) is 12.8 Å². The maximum absolute atomic E-state index is 13.3. The van der Waals surface area contributed by atoms with Gasteiger partial charge in [-0.2, -0.15) is 15.1 Å². The van der Waals surface area contributed by atoms with Gasteiger partial charge in [-0.05, 0) is 42.7 Å². The lowest BCUT2D eigenvalue weighted by molar-refractivity contribution is 0.102. The van der Waals surface area contributed by atoms with Crippen molar-refractivity contribution in [3.63, 3.8) is 0 Å². The molecule has 2 aromatic carbocycles. The van der Waals surface area contributed by atoms with Gasteiger partial charge in [-0.25, -0.2) is 9.67 Å². The highest BCUT2D eigenvalue weighted by molar-refractivity contribution is 6.07. The van der Waals surface area contributed by atoms with E-state index in [1.54, 1.807) is 29.1 Å². The van der Waals surface area contributed by atoms with Crippen LogP contribution < -0.4 is 20.1 Å². The molecule has 6 rings (SSSR count). The molecule has 0 atom stereocenters. The minimum atomic E-state index is -0.343. The molecule has 0 unspecified atom stereocenters. The van der Waals surface area contributed by atoms with Crippen molar-refractivity contribution in [2.75, 3.05) is 24.0 Å². The van der Waals surface area contributed by atoms with Crippen molar-refractivity contribution in [1.82, 2.24) is 29.3 Å². The van der Waals surface area contributed by atoms with Gasteiger partial charge in [-0.15, -0.1) is 0 Å². The molecular weight excluding hydrogens is 484 g/mol. The fourth-order valence-corrected chi connectivity index (χ4v) is 4.33. The van der Waals surface area contributed by atoms with Crippen LogP contribution in [0.5, 0.6) is 11.5 Å². The second kappa shape index (κ2) is 10.2. The molecule has 0 saturated carbocycles. The van der Waals surface area contributed by atoms with E-state index in [0.29, 0.717) is 59.0 Å². The largest absolute Gasteiger partial charge is 0.454 e. The number of anilines is 2. The van der Waals surface area contributed by atoms with Gasteiger partial charge in [0.15, 0.2) is 28.5 Å². The molecule has 1 amide bonds. The summed E-state index contributed by atoms with van der Waals surface area (Å²) >= 11 is 0. The lowest BCUT2D eigenvalue weighted by Gasteiger charge is -2.11. The molecule has 0 radical (unpaired) electrons. The minimum Gasteiger partial charge on any atom is -0.454 e. The number of fused-ring (bicyclic) bond motifs is 2. The van der Waals surface area contributed by atoms with Gasteiger partial charge in [0.05, 0.1) is 0 Å². The molecule has 11 heteroatoms. The van der Waals surface area contributed by atoms with Gasteiger partial charge >= 0.3 is 0 Å². The number of aromatic nitrogens is 6. The summed E-state index contributed by atoms with van der Waals surface area (Å²) in [4.78, 5) is 27.5. The van der Waals surface area contributed by atoms with E-state index in [1.807, 2.05) is 35.0 Å². The normalized spacial score (nSPS) is 12.1. The van der Waals surface area contributed by atoms with E-state index in [-0.39, 0.29) is 12.7 Å². The highest BCUT2D eigenvalue weighted by Gasteiger charge is 2.22. The van der Waals surface area contributed by atoms with Crippen molar-refractivity contribution < 1.29 is 14.3 Å². The zero-order valence-corrected chi connectivity index (χ0v) is 20.8. The van der Waals surface area contributed by atoms with Crippen LogP contribution in [0.4, 0.5) is 11.8 Å². The summed E-state index contributed by atoms with van der Waals surface area (Å²) in [5.74, 6) is 2.10.